The first-order valence-corrected chi connectivity index (χ1v) is 12.9. The van der Waals surface area contributed by atoms with Crippen molar-refractivity contribution in [3.63, 3.8) is 0 Å². The third-order valence-corrected chi connectivity index (χ3v) is 7.92. The zero-order valence-electron chi connectivity index (χ0n) is 20.2. The Bertz CT molecular complexity index is 1720. The molecule has 0 saturated heterocycles. The minimum Gasteiger partial charge on any atom is -0.354 e. The van der Waals surface area contributed by atoms with Crippen LogP contribution in [0.4, 0.5) is 11.4 Å². The van der Waals surface area contributed by atoms with Crippen molar-refractivity contribution in [2.24, 2.45) is 0 Å². The highest BCUT2D eigenvalue weighted by Crippen LogP contribution is 2.58. The largest absolute Gasteiger partial charge is 0.354 e. The molecule has 0 aromatic heterocycles. The van der Waals surface area contributed by atoms with E-state index in [1.165, 1.54) is 44.2 Å². The van der Waals surface area contributed by atoms with Crippen molar-refractivity contribution >= 4 is 33.7 Å². The molecule has 0 fully saturated rings. The summed E-state index contributed by atoms with van der Waals surface area (Å²) in [7, 11) is 0. The van der Waals surface area contributed by atoms with Crippen molar-refractivity contribution in [1.29, 1.82) is 0 Å². The van der Waals surface area contributed by atoms with Crippen molar-refractivity contribution in [2.45, 2.75) is 5.41 Å². The molecule has 7 rings (SSSR count). The molecule has 1 N–H and O–H groups in total. The van der Waals surface area contributed by atoms with Gasteiger partial charge in [-0.25, -0.2) is 0 Å². The molecule has 6 aromatic carbocycles. The number of para-hydroxylation sites is 1. The molecule has 0 spiro atoms. The van der Waals surface area contributed by atoms with Gasteiger partial charge < -0.3 is 5.32 Å². The maximum absolute atomic E-state index is 6.52. The van der Waals surface area contributed by atoms with E-state index in [-0.39, 0.29) is 0 Å². The summed E-state index contributed by atoms with van der Waals surface area (Å²) in [6.45, 7) is 0. The topological polar surface area (TPSA) is 12.0 Å². The number of anilines is 2. The zero-order chi connectivity index (χ0) is 24.8. The average Bonchev–Trinajstić information content (AvgIpc) is 3.26. The number of fused-ring (bicyclic) bond motifs is 5. The van der Waals surface area contributed by atoms with E-state index in [2.05, 4.69) is 121 Å². The van der Waals surface area contributed by atoms with Gasteiger partial charge in [0, 0.05) is 5.69 Å². The number of hydrogen-bond acceptors (Lipinski definition) is 1. The van der Waals surface area contributed by atoms with Crippen LogP contribution in [0.25, 0.3) is 21.9 Å². The molecule has 176 valence electrons. The van der Waals surface area contributed by atoms with Crippen LogP contribution in [0.5, 0.6) is 0 Å². The van der Waals surface area contributed by atoms with Gasteiger partial charge in [-0.3, -0.25) is 0 Å². The molecule has 0 amide bonds. The van der Waals surface area contributed by atoms with E-state index in [9.17, 15) is 0 Å². The van der Waals surface area contributed by atoms with Gasteiger partial charge in [-0.15, -0.1) is 0 Å². The van der Waals surface area contributed by atoms with Gasteiger partial charge in [-0.2, -0.15) is 0 Å². The van der Waals surface area contributed by atoms with Crippen LogP contribution in [0.15, 0.2) is 140 Å². The lowest BCUT2D eigenvalue weighted by atomic mass is 9.67. The van der Waals surface area contributed by atoms with Crippen LogP contribution in [-0.2, 0) is 5.41 Å². The number of rotatable bonds is 4. The molecule has 0 saturated carbocycles. The summed E-state index contributed by atoms with van der Waals surface area (Å²) in [4.78, 5) is 0. The Morgan fingerprint density at radius 2 is 1.19 bits per heavy atom. The van der Waals surface area contributed by atoms with Gasteiger partial charge in [0.1, 0.15) is 0 Å². The molecule has 1 nitrogen and oxygen atoms in total. The molecule has 0 aliphatic heterocycles. The number of halogens is 1. The third-order valence-electron chi connectivity index (χ3n) is 7.59. The predicted molar refractivity (Wildman–Crippen MR) is 156 cm³/mol. The van der Waals surface area contributed by atoms with Crippen LogP contribution in [0, 0.1) is 0 Å². The summed E-state index contributed by atoms with van der Waals surface area (Å²) in [5.41, 5.74) is 9.14. The number of hydrogen-bond donors (Lipinski definition) is 1. The van der Waals surface area contributed by atoms with Crippen molar-refractivity contribution in [3.05, 3.63) is 167 Å². The maximum atomic E-state index is 6.52. The summed E-state index contributed by atoms with van der Waals surface area (Å²) in [5.74, 6) is 0. The van der Waals surface area contributed by atoms with Crippen molar-refractivity contribution in [3.8, 4) is 11.1 Å². The quantitative estimate of drug-likeness (QED) is 0.257. The van der Waals surface area contributed by atoms with E-state index < -0.39 is 5.41 Å². The number of benzene rings is 6. The van der Waals surface area contributed by atoms with Crippen LogP contribution in [0.3, 0.4) is 0 Å². The maximum Gasteiger partial charge on any atom is 0.0714 e. The van der Waals surface area contributed by atoms with E-state index in [4.69, 9.17) is 11.6 Å². The van der Waals surface area contributed by atoms with Crippen molar-refractivity contribution in [2.75, 3.05) is 5.32 Å². The Balaban J connectivity index is 1.58. The first-order chi connectivity index (χ1) is 18.3. The average molecular weight is 494 g/mol. The molecule has 0 radical (unpaired) electrons. The van der Waals surface area contributed by atoms with Gasteiger partial charge in [-0.1, -0.05) is 127 Å². The second-order valence-corrected chi connectivity index (χ2v) is 9.96. The molecule has 0 heterocycles. The molecular weight excluding hydrogens is 470 g/mol. The van der Waals surface area contributed by atoms with E-state index in [1.807, 2.05) is 24.3 Å². The molecule has 1 aliphatic rings. The Morgan fingerprint density at radius 1 is 0.541 bits per heavy atom. The van der Waals surface area contributed by atoms with Crippen molar-refractivity contribution in [1.82, 2.24) is 0 Å². The van der Waals surface area contributed by atoms with Gasteiger partial charge in [0.25, 0.3) is 0 Å². The normalized spacial score (nSPS) is 13.2. The van der Waals surface area contributed by atoms with Gasteiger partial charge in [0.15, 0.2) is 0 Å². The lowest BCUT2D eigenvalue weighted by Gasteiger charge is -2.34. The monoisotopic (exact) mass is 493 g/mol. The summed E-state index contributed by atoms with van der Waals surface area (Å²) in [6.07, 6.45) is 0. The molecular formula is C35H24ClN. The lowest BCUT2D eigenvalue weighted by Crippen LogP contribution is -2.28. The Morgan fingerprint density at radius 3 is 1.92 bits per heavy atom. The molecule has 0 atom stereocenters. The van der Waals surface area contributed by atoms with Crippen LogP contribution < -0.4 is 5.32 Å². The molecule has 0 unspecified atom stereocenters. The summed E-state index contributed by atoms with van der Waals surface area (Å²) >= 11 is 6.52. The summed E-state index contributed by atoms with van der Waals surface area (Å²) < 4.78 is 0. The summed E-state index contributed by atoms with van der Waals surface area (Å²) in [5, 5.41) is 6.81. The molecule has 6 aromatic rings. The number of nitrogens with one attached hydrogen (secondary N) is 1. The highest BCUT2D eigenvalue weighted by atomic mass is 35.5. The van der Waals surface area contributed by atoms with Gasteiger partial charge >= 0.3 is 0 Å². The highest BCUT2D eigenvalue weighted by Gasteiger charge is 2.46. The minimum atomic E-state index is -0.449. The second-order valence-electron chi connectivity index (χ2n) is 9.56. The van der Waals surface area contributed by atoms with Crippen molar-refractivity contribution < 1.29 is 0 Å². The lowest BCUT2D eigenvalue weighted by molar-refractivity contribution is 0.769. The molecule has 37 heavy (non-hydrogen) atoms. The van der Waals surface area contributed by atoms with Gasteiger partial charge in [-0.05, 0) is 68.4 Å². The Hall–Kier alpha value is -4.33. The van der Waals surface area contributed by atoms with Crippen LogP contribution >= 0.6 is 11.6 Å². The first kappa shape index (κ1) is 21.9. The first-order valence-electron chi connectivity index (χ1n) is 12.6. The van der Waals surface area contributed by atoms with E-state index >= 15 is 0 Å². The van der Waals surface area contributed by atoms with Gasteiger partial charge in [0.2, 0.25) is 0 Å². The molecule has 2 heteroatoms. The Kier molecular flexibility index (Phi) is 5.13. The third kappa shape index (κ3) is 3.32. The predicted octanol–water partition coefficient (Wildman–Crippen LogP) is 9.60. The van der Waals surface area contributed by atoms with E-state index in [0.29, 0.717) is 5.02 Å². The fraction of sp³-hybridized carbons (Fsp3) is 0.0286. The highest BCUT2D eigenvalue weighted by molar-refractivity contribution is 6.33. The van der Waals surface area contributed by atoms with Gasteiger partial charge in [0.05, 0.1) is 16.1 Å². The van der Waals surface area contributed by atoms with E-state index in [0.717, 1.165) is 11.4 Å². The fourth-order valence-electron chi connectivity index (χ4n) is 6.05. The zero-order valence-corrected chi connectivity index (χ0v) is 20.9. The standard InChI is InChI=1S/C35H24ClN/c36-32-17-9-10-18-33(32)37-27-20-21-29-31(23-27)35(25-12-3-1-4-13-25,26-14-5-2-6-15-26)30-22-19-24-11-7-8-16-28(24)34(29)30/h1-23,37H. The SMILES string of the molecule is Clc1ccccc1Nc1ccc2c(c1)C(c1ccccc1)(c1ccccc1)c1ccc3ccccc3c1-2. The van der Waals surface area contributed by atoms with Crippen LogP contribution in [-0.4, -0.2) is 0 Å². The smallest absolute Gasteiger partial charge is 0.0714 e. The summed E-state index contributed by atoms with van der Waals surface area (Å²) in [6, 6.07) is 49.7. The molecule has 0 bridgehead atoms. The molecule has 1 aliphatic carbocycles. The van der Waals surface area contributed by atoms with E-state index in [1.54, 1.807) is 0 Å². The van der Waals surface area contributed by atoms with Crippen LogP contribution in [0.2, 0.25) is 5.02 Å². The van der Waals surface area contributed by atoms with Crippen LogP contribution in [0.1, 0.15) is 22.3 Å². The Labute approximate surface area is 222 Å². The minimum absolute atomic E-state index is 0.449. The fourth-order valence-corrected chi connectivity index (χ4v) is 6.24. The second kappa shape index (κ2) is 8.65.